The number of ether oxygens (including phenoxy) is 2. The molecule has 9 heteroatoms. The molecule has 1 saturated heterocycles. The van der Waals surface area contributed by atoms with Gasteiger partial charge < -0.3 is 19.7 Å². The summed E-state index contributed by atoms with van der Waals surface area (Å²) in [7, 11) is 3.00. The first kappa shape index (κ1) is 23.7. The third-order valence-electron chi connectivity index (χ3n) is 5.49. The number of amides is 1. The quantitative estimate of drug-likeness (QED) is 0.252. The second-order valence-corrected chi connectivity index (χ2v) is 8.69. The van der Waals surface area contributed by atoms with Gasteiger partial charge in [0.15, 0.2) is 0 Å². The summed E-state index contributed by atoms with van der Waals surface area (Å²) in [6, 6.07) is 14.8. The molecule has 0 spiro atoms. The van der Waals surface area contributed by atoms with Crippen LogP contribution >= 0.6 is 27.5 Å². The number of anilines is 1. The number of nitrogens with zero attached hydrogens (tertiary/aromatic N) is 1. The van der Waals surface area contributed by atoms with Crippen LogP contribution in [0.5, 0.6) is 17.2 Å². The molecule has 1 heterocycles. The number of rotatable bonds is 5. The average Bonchev–Trinajstić information content (AvgIpc) is 3.10. The first-order valence-electron chi connectivity index (χ1n) is 10.0. The number of phenolic OH excluding ortho intramolecular Hbond substituents is 1. The average molecular weight is 545 g/mol. The summed E-state index contributed by atoms with van der Waals surface area (Å²) in [6.07, 6.45) is 0. The van der Waals surface area contributed by atoms with E-state index in [9.17, 15) is 19.8 Å². The molecule has 3 aromatic carbocycles. The lowest BCUT2D eigenvalue weighted by atomic mass is 9.95. The van der Waals surface area contributed by atoms with Crippen molar-refractivity contribution in [2.45, 2.75) is 6.04 Å². The highest BCUT2D eigenvalue weighted by molar-refractivity contribution is 9.10. The molecule has 1 fully saturated rings. The summed E-state index contributed by atoms with van der Waals surface area (Å²) < 4.78 is 11.1. The number of aromatic hydroxyl groups is 1. The number of carbonyl (C=O) groups excluding carboxylic acids is 2. The van der Waals surface area contributed by atoms with Crippen molar-refractivity contribution in [1.82, 2.24) is 0 Å². The zero-order chi connectivity index (χ0) is 24.6. The SMILES string of the molecule is COc1cccc(N2C(=O)C(=O)/C(=C(\O)c3ccc(OC)c(Br)c3)C2c2ccc(O)c(Cl)c2)c1. The van der Waals surface area contributed by atoms with Crippen molar-refractivity contribution in [3.05, 3.63) is 86.9 Å². The van der Waals surface area contributed by atoms with Crippen LogP contribution in [0.15, 0.2) is 70.7 Å². The number of benzene rings is 3. The number of phenols is 1. The minimum atomic E-state index is -1.01. The van der Waals surface area contributed by atoms with Crippen LogP contribution in [0.4, 0.5) is 5.69 Å². The molecule has 1 unspecified atom stereocenters. The summed E-state index contributed by atoms with van der Waals surface area (Å²) >= 11 is 9.52. The van der Waals surface area contributed by atoms with Gasteiger partial charge in [0.25, 0.3) is 11.7 Å². The van der Waals surface area contributed by atoms with E-state index in [1.165, 1.54) is 31.3 Å². The minimum Gasteiger partial charge on any atom is -0.507 e. The van der Waals surface area contributed by atoms with Crippen molar-refractivity contribution in [3.63, 3.8) is 0 Å². The standard InChI is InChI=1S/C25H19BrClNO6/c1-33-16-5-3-4-15(12-16)28-22(13-6-8-19(29)18(27)11-13)21(24(31)25(28)32)23(30)14-7-9-20(34-2)17(26)10-14/h3-12,22,29-30H,1-2H3/b23-21-. The second kappa shape index (κ2) is 9.40. The Morgan fingerprint density at radius 1 is 1.03 bits per heavy atom. The Bertz CT molecular complexity index is 1340. The van der Waals surface area contributed by atoms with Crippen molar-refractivity contribution >= 4 is 50.7 Å². The zero-order valence-electron chi connectivity index (χ0n) is 18.1. The molecule has 0 aromatic heterocycles. The number of ketones is 1. The largest absolute Gasteiger partial charge is 0.507 e. The van der Waals surface area contributed by atoms with E-state index in [1.54, 1.807) is 48.5 Å². The molecule has 0 saturated carbocycles. The third kappa shape index (κ3) is 4.10. The highest BCUT2D eigenvalue weighted by Crippen LogP contribution is 2.44. The molecule has 7 nitrogen and oxygen atoms in total. The molecule has 2 N–H and O–H groups in total. The molecule has 4 rings (SSSR count). The lowest BCUT2D eigenvalue weighted by molar-refractivity contribution is -0.132. The van der Waals surface area contributed by atoms with Crippen molar-refractivity contribution in [2.75, 3.05) is 19.1 Å². The fourth-order valence-electron chi connectivity index (χ4n) is 3.84. The molecule has 1 aliphatic heterocycles. The van der Waals surface area contributed by atoms with Crippen LogP contribution in [-0.2, 0) is 9.59 Å². The third-order valence-corrected chi connectivity index (χ3v) is 6.41. The van der Waals surface area contributed by atoms with Gasteiger partial charge in [0, 0.05) is 17.3 Å². The summed E-state index contributed by atoms with van der Waals surface area (Å²) in [5, 5.41) is 21.2. The monoisotopic (exact) mass is 543 g/mol. The Morgan fingerprint density at radius 2 is 1.79 bits per heavy atom. The summed E-state index contributed by atoms with van der Waals surface area (Å²) in [5.41, 5.74) is 1.02. The molecule has 34 heavy (non-hydrogen) atoms. The molecule has 0 aliphatic carbocycles. The van der Waals surface area contributed by atoms with E-state index in [1.807, 2.05) is 0 Å². The molecule has 174 valence electrons. The van der Waals surface area contributed by atoms with Crippen LogP contribution < -0.4 is 14.4 Å². The van der Waals surface area contributed by atoms with E-state index in [0.29, 0.717) is 32.8 Å². The Kier molecular flexibility index (Phi) is 6.54. The van der Waals surface area contributed by atoms with Crippen LogP contribution in [0.25, 0.3) is 5.76 Å². The summed E-state index contributed by atoms with van der Waals surface area (Å²) in [5.74, 6) is -1.17. The summed E-state index contributed by atoms with van der Waals surface area (Å²) in [4.78, 5) is 27.8. The molecule has 1 aliphatic rings. The molecule has 1 amide bonds. The van der Waals surface area contributed by atoms with Crippen LogP contribution in [0, 0.1) is 0 Å². The van der Waals surface area contributed by atoms with Gasteiger partial charge in [-0.1, -0.05) is 23.7 Å². The number of aliphatic hydroxyl groups is 1. The van der Waals surface area contributed by atoms with E-state index in [4.69, 9.17) is 21.1 Å². The highest BCUT2D eigenvalue weighted by Gasteiger charge is 2.47. The van der Waals surface area contributed by atoms with Gasteiger partial charge in [0.2, 0.25) is 0 Å². The molecular weight excluding hydrogens is 526 g/mol. The molecular formula is C25H19BrClNO6. The van der Waals surface area contributed by atoms with Gasteiger partial charge in [-0.25, -0.2) is 0 Å². The van der Waals surface area contributed by atoms with E-state index < -0.39 is 17.7 Å². The van der Waals surface area contributed by atoms with E-state index in [2.05, 4.69) is 15.9 Å². The van der Waals surface area contributed by atoms with Gasteiger partial charge in [-0.15, -0.1) is 0 Å². The molecule has 0 radical (unpaired) electrons. The molecule has 1 atom stereocenters. The number of halogens is 2. The maximum absolute atomic E-state index is 13.2. The topological polar surface area (TPSA) is 96.3 Å². The predicted octanol–water partition coefficient (Wildman–Crippen LogP) is 5.45. The van der Waals surface area contributed by atoms with E-state index in [0.717, 1.165) is 0 Å². The number of hydrogen-bond donors (Lipinski definition) is 2. The number of carbonyl (C=O) groups is 2. The zero-order valence-corrected chi connectivity index (χ0v) is 20.4. The Morgan fingerprint density at radius 3 is 2.44 bits per heavy atom. The maximum atomic E-state index is 13.2. The van der Waals surface area contributed by atoms with E-state index >= 15 is 0 Å². The number of methoxy groups -OCH3 is 2. The first-order chi connectivity index (χ1) is 16.3. The van der Waals surface area contributed by atoms with Gasteiger partial charge in [-0.3, -0.25) is 14.5 Å². The van der Waals surface area contributed by atoms with Crippen molar-refractivity contribution in [2.24, 2.45) is 0 Å². The van der Waals surface area contributed by atoms with Gasteiger partial charge >= 0.3 is 0 Å². The molecule has 0 bridgehead atoms. The second-order valence-electron chi connectivity index (χ2n) is 7.43. The predicted molar refractivity (Wildman–Crippen MR) is 132 cm³/mol. The Labute approximate surface area is 208 Å². The van der Waals surface area contributed by atoms with Crippen LogP contribution in [0.2, 0.25) is 5.02 Å². The number of hydrogen-bond acceptors (Lipinski definition) is 6. The highest BCUT2D eigenvalue weighted by atomic mass is 79.9. The molecule has 3 aromatic rings. The van der Waals surface area contributed by atoms with Gasteiger partial charge in [0.05, 0.1) is 35.3 Å². The smallest absolute Gasteiger partial charge is 0.300 e. The number of aliphatic hydroxyl groups excluding tert-OH is 1. The van der Waals surface area contributed by atoms with Crippen molar-refractivity contribution < 1.29 is 29.3 Å². The van der Waals surface area contributed by atoms with Gasteiger partial charge in [-0.05, 0) is 64.0 Å². The normalized spacial score (nSPS) is 17.2. The first-order valence-corrected chi connectivity index (χ1v) is 11.2. The fourth-order valence-corrected chi connectivity index (χ4v) is 4.57. The lowest BCUT2D eigenvalue weighted by Gasteiger charge is -2.26. The van der Waals surface area contributed by atoms with Crippen LogP contribution in [-0.4, -0.2) is 36.1 Å². The van der Waals surface area contributed by atoms with Crippen LogP contribution in [0.1, 0.15) is 17.2 Å². The van der Waals surface area contributed by atoms with Crippen molar-refractivity contribution in [3.8, 4) is 17.2 Å². The van der Waals surface area contributed by atoms with Crippen LogP contribution in [0.3, 0.4) is 0 Å². The van der Waals surface area contributed by atoms with Gasteiger partial charge in [0.1, 0.15) is 23.0 Å². The Balaban J connectivity index is 1.96. The number of Topliss-reactive ketones (excluding diaryl/α,β-unsaturated/α-hetero) is 1. The summed E-state index contributed by atoms with van der Waals surface area (Å²) in [6.45, 7) is 0. The maximum Gasteiger partial charge on any atom is 0.300 e. The fraction of sp³-hybridized carbons (Fsp3) is 0.120. The van der Waals surface area contributed by atoms with Crippen molar-refractivity contribution in [1.29, 1.82) is 0 Å². The lowest BCUT2D eigenvalue weighted by Crippen LogP contribution is -2.29. The minimum absolute atomic E-state index is 0.0425. The Hall–Kier alpha value is -3.49. The van der Waals surface area contributed by atoms with Gasteiger partial charge in [-0.2, -0.15) is 0 Å². The van der Waals surface area contributed by atoms with E-state index in [-0.39, 0.29) is 22.1 Å².